The summed E-state index contributed by atoms with van der Waals surface area (Å²) in [5, 5.41) is 4.19. The maximum absolute atomic E-state index is 13.4. The van der Waals surface area contributed by atoms with Gasteiger partial charge in [-0.1, -0.05) is 106 Å². The van der Waals surface area contributed by atoms with Crippen LogP contribution in [-0.4, -0.2) is 75.4 Å². The molecule has 61 heavy (non-hydrogen) atoms. The largest absolute Gasteiger partial charge is 0.482 e. The smallest absolute Gasteiger partial charge is 0.351 e. The van der Waals surface area contributed by atoms with Gasteiger partial charge in [-0.15, -0.1) is 0 Å². The van der Waals surface area contributed by atoms with Crippen molar-refractivity contribution in [2.24, 2.45) is 5.16 Å². The molecule has 3 aromatic carbocycles. The summed E-state index contributed by atoms with van der Waals surface area (Å²) in [6, 6.07) is 23.3. The number of amides is 1. The van der Waals surface area contributed by atoms with Crippen LogP contribution in [0.3, 0.4) is 0 Å². The van der Waals surface area contributed by atoms with Gasteiger partial charge in [-0.2, -0.15) is 0 Å². The first-order chi connectivity index (χ1) is 29.1. The number of benzene rings is 3. The fourth-order valence-electron chi connectivity index (χ4n) is 6.84. The summed E-state index contributed by atoms with van der Waals surface area (Å²) >= 11 is 0. The van der Waals surface area contributed by atoms with E-state index in [0.717, 1.165) is 78.0 Å². The third-order valence-corrected chi connectivity index (χ3v) is 9.93. The van der Waals surface area contributed by atoms with E-state index in [4.69, 9.17) is 24.0 Å². The van der Waals surface area contributed by atoms with E-state index < -0.39 is 29.2 Å². The Morgan fingerprint density at radius 1 is 0.738 bits per heavy atom. The molecule has 1 atom stereocenters. The van der Waals surface area contributed by atoms with Gasteiger partial charge in [-0.05, 0) is 95.9 Å². The molecule has 1 N–H and O–H groups in total. The zero-order valence-corrected chi connectivity index (χ0v) is 37.3. The van der Waals surface area contributed by atoms with Crippen LogP contribution in [0.2, 0.25) is 0 Å². The summed E-state index contributed by atoms with van der Waals surface area (Å²) in [4.78, 5) is 54.3. The predicted octanol–water partition coefficient (Wildman–Crippen LogP) is 11.0. The van der Waals surface area contributed by atoms with Gasteiger partial charge in [0, 0.05) is 42.3 Å². The number of esters is 2. The van der Waals surface area contributed by atoms with Gasteiger partial charge in [0.05, 0.1) is 17.1 Å². The fraction of sp³-hybridized carbons (Fsp3) is 0.460. The van der Waals surface area contributed by atoms with E-state index in [1.807, 2.05) is 125 Å². The lowest BCUT2D eigenvalue weighted by molar-refractivity contribution is -0.167. The van der Waals surface area contributed by atoms with Gasteiger partial charge in [0.25, 0.3) is 0 Å². The molecule has 11 heteroatoms. The number of unbranched alkanes of at least 4 members (excludes halogenated alkanes) is 6. The normalized spacial score (nSPS) is 14.1. The Balaban J connectivity index is 1.36. The maximum Gasteiger partial charge on any atom is 0.351 e. The molecule has 5 rings (SSSR count). The molecule has 0 saturated carbocycles. The lowest BCUT2D eigenvalue weighted by Gasteiger charge is -2.21. The molecule has 0 radical (unpaired) electrons. The minimum atomic E-state index is -0.782. The number of imidazole rings is 1. The van der Waals surface area contributed by atoms with Crippen molar-refractivity contribution >= 4 is 29.6 Å². The quantitative estimate of drug-likeness (QED) is 0.0529. The lowest BCUT2D eigenvalue weighted by Crippen LogP contribution is -2.32. The van der Waals surface area contributed by atoms with Crippen molar-refractivity contribution in [2.45, 2.75) is 130 Å². The minimum absolute atomic E-state index is 0.0532. The van der Waals surface area contributed by atoms with Crippen LogP contribution in [0.4, 0.5) is 0 Å². The van der Waals surface area contributed by atoms with Gasteiger partial charge in [0.1, 0.15) is 22.8 Å². The molecule has 0 aliphatic carbocycles. The Morgan fingerprint density at radius 3 is 1.90 bits per heavy atom. The van der Waals surface area contributed by atoms with Gasteiger partial charge in [-0.3, -0.25) is 4.79 Å². The van der Waals surface area contributed by atoms with Crippen LogP contribution in [-0.2, 0) is 28.7 Å². The zero-order chi connectivity index (χ0) is 44.0. The molecule has 0 fully saturated rings. The molecule has 1 aromatic heterocycles. The summed E-state index contributed by atoms with van der Waals surface area (Å²) in [6.07, 6.45) is 12.2. The second-order valence-electron chi connectivity index (χ2n) is 17.6. The topological polar surface area (TPSA) is 132 Å². The van der Waals surface area contributed by atoms with Gasteiger partial charge >= 0.3 is 11.9 Å². The van der Waals surface area contributed by atoms with E-state index in [0.29, 0.717) is 23.7 Å². The van der Waals surface area contributed by atoms with Crippen LogP contribution in [0, 0.1) is 0 Å². The van der Waals surface area contributed by atoms with E-state index >= 15 is 0 Å². The highest BCUT2D eigenvalue weighted by molar-refractivity contribution is 6.03. The van der Waals surface area contributed by atoms with Crippen molar-refractivity contribution in [3.05, 3.63) is 90.0 Å². The second kappa shape index (κ2) is 21.7. The number of carbonyl (C=O) groups excluding carboxylic acids is 3. The average Bonchev–Trinajstić information content (AvgIpc) is 3.90. The summed E-state index contributed by atoms with van der Waals surface area (Å²) in [5.41, 5.74) is 5.35. The molecular formula is C50H64N4O7. The number of H-pyrrole nitrogens is 1. The molecule has 0 bridgehead atoms. The third-order valence-electron chi connectivity index (χ3n) is 9.93. The highest BCUT2D eigenvalue weighted by Crippen LogP contribution is 2.35. The molecule has 1 unspecified atom stereocenters. The number of nitrogens with one attached hydrogen (secondary N) is 1. The first-order valence-electron chi connectivity index (χ1n) is 21.8. The predicted molar refractivity (Wildman–Crippen MR) is 242 cm³/mol. The van der Waals surface area contributed by atoms with Crippen LogP contribution in [0.25, 0.3) is 40.0 Å². The molecule has 326 valence electrons. The molecular weight excluding hydrogens is 769 g/mol. The number of hydrogen-bond donors (Lipinski definition) is 1. The van der Waals surface area contributed by atoms with E-state index in [1.54, 1.807) is 6.08 Å². The SMILES string of the molecule is CCCCCCN(CCCCCC)C(=O)C=Cc1ccc(-c2[nH]c(-c3ccc(C4=NOC(C(=O)OC(C)(C)C)C4)cc3)nc2-c2ccc(OCC(=O)OC(C)(C)C)cc2)cc1. The summed E-state index contributed by atoms with van der Waals surface area (Å²) < 4.78 is 16.6. The van der Waals surface area contributed by atoms with Gasteiger partial charge in [0.2, 0.25) is 12.0 Å². The lowest BCUT2D eigenvalue weighted by atomic mass is 10.0. The molecule has 0 saturated heterocycles. The van der Waals surface area contributed by atoms with E-state index in [9.17, 15) is 14.4 Å². The molecule has 1 amide bonds. The van der Waals surface area contributed by atoms with Crippen molar-refractivity contribution in [2.75, 3.05) is 19.7 Å². The Labute approximate surface area is 361 Å². The Morgan fingerprint density at radius 2 is 1.31 bits per heavy atom. The summed E-state index contributed by atoms with van der Waals surface area (Å²) in [5.74, 6) is 0.359. The van der Waals surface area contributed by atoms with Crippen molar-refractivity contribution in [3.63, 3.8) is 0 Å². The van der Waals surface area contributed by atoms with Crippen molar-refractivity contribution < 1.29 is 33.4 Å². The molecule has 2 heterocycles. The van der Waals surface area contributed by atoms with Crippen molar-refractivity contribution in [1.29, 1.82) is 0 Å². The number of aromatic amines is 1. The number of ether oxygens (including phenoxy) is 3. The van der Waals surface area contributed by atoms with Crippen LogP contribution < -0.4 is 4.74 Å². The zero-order valence-electron chi connectivity index (χ0n) is 37.3. The van der Waals surface area contributed by atoms with Crippen molar-refractivity contribution in [1.82, 2.24) is 14.9 Å². The minimum Gasteiger partial charge on any atom is -0.482 e. The first kappa shape index (κ1) is 46.4. The molecule has 0 spiro atoms. The van der Waals surface area contributed by atoms with E-state index in [1.165, 1.54) is 25.7 Å². The van der Waals surface area contributed by atoms with Gasteiger partial charge in [-0.25, -0.2) is 14.6 Å². The Hall–Kier alpha value is -5.71. The highest BCUT2D eigenvalue weighted by atomic mass is 16.7. The number of rotatable bonds is 20. The van der Waals surface area contributed by atoms with E-state index in [2.05, 4.69) is 24.0 Å². The number of aromatic nitrogens is 2. The Bertz CT molecular complexity index is 2090. The first-order valence-corrected chi connectivity index (χ1v) is 21.8. The monoisotopic (exact) mass is 832 g/mol. The van der Waals surface area contributed by atoms with Crippen LogP contribution in [0.5, 0.6) is 5.75 Å². The fourth-order valence-corrected chi connectivity index (χ4v) is 6.84. The molecule has 1 aliphatic rings. The summed E-state index contributed by atoms with van der Waals surface area (Å²) in [7, 11) is 0. The number of nitrogens with zero attached hydrogens (tertiary/aromatic N) is 3. The van der Waals surface area contributed by atoms with Crippen molar-refractivity contribution in [3.8, 4) is 39.7 Å². The second-order valence-corrected chi connectivity index (χ2v) is 17.6. The third kappa shape index (κ3) is 14.5. The molecule has 1 aliphatic heterocycles. The molecule has 11 nitrogen and oxygen atoms in total. The highest BCUT2D eigenvalue weighted by Gasteiger charge is 2.33. The number of carbonyl (C=O) groups is 3. The standard InChI is InChI=1S/C50H64N4O7/c1-9-11-13-15-31-54(32-16-14-12-10-2)43(55)30-19-35-17-20-37(21-18-35)45-46(38-26-28-40(29-27-38)58-34-44(56)59-49(3,4)5)52-47(51-45)39-24-22-36(23-25-39)41-33-42(61-53-41)48(57)60-50(6,7)8/h17-30,42H,9-16,31-34H2,1-8H3,(H,51,52). The van der Waals surface area contributed by atoms with Crippen LogP contribution in [0.15, 0.2) is 84.0 Å². The molecule has 4 aromatic rings. The van der Waals surface area contributed by atoms with E-state index in [-0.39, 0.29) is 12.5 Å². The number of oxime groups is 1. The van der Waals surface area contributed by atoms with Crippen LogP contribution >= 0.6 is 0 Å². The Kier molecular flexibility index (Phi) is 16.5. The summed E-state index contributed by atoms with van der Waals surface area (Å²) in [6.45, 7) is 16.7. The van der Waals surface area contributed by atoms with Crippen LogP contribution in [0.1, 0.15) is 124 Å². The van der Waals surface area contributed by atoms with Gasteiger partial charge in [0.15, 0.2) is 6.61 Å². The average molecular weight is 833 g/mol. The maximum atomic E-state index is 13.4. The van der Waals surface area contributed by atoms with Gasteiger partial charge < -0.3 is 28.9 Å². The number of hydrogen-bond acceptors (Lipinski definition) is 9.